The molecule has 2 aliphatic rings. The molecule has 0 unspecified atom stereocenters. The van der Waals surface area contributed by atoms with Crippen molar-refractivity contribution in [3.63, 3.8) is 0 Å². The van der Waals surface area contributed by atoms with Crippen LogP contribution in [-0.2, 0) is 16.1 Å². The normalized spacial score (nSPS) is 18.7. The Hall–Kier alpha value is -3.13. The zero-order chi connectivity index (χ0) is 20.9. The van der Waals surface area contributed by atoms with E-state index in [2.05, 4.69) is 5.32 Å². The fourth-order valence-electron chi connectivity index (χ4n) is 3.66. The molecule has 0 bridgehead atoms. The summed E-state index contributed by atoms with van der Waals surface area (Å²) in [4.78, 5) is 27.9. The third-order valence-corrected chi connectivity index (χ3v) is 5.38. The van der Waals surface area contributed by atoms with Gasteiger partial charge < -0.3 is 24.6 Å². The van der Waals surface area contributed by atoms with Crippen LogP contribution in [0.1, 0.15) is 5.56 Å². The zero-order valence-electron chi connectivity index (χ0n) is 16.6. The van der Waals surface area contributed by atoms with E-state index in [9.17, 15) is 14.0 Å². The molecular formula is C22H25FN3O4+. The fraction of sp³-hybridized carbons (Fsp3) is 0.364. The lowest BCUT2D eigenvalue weighted by molar-refractivity contribution is -0.896. The highest BCUT2D eigenvalue weighted by Gasteiger charge is 2.33. The van der Waals surface area contributed by atoms with Crippen LogP contribution in [0.3, 0.4) is 0 Å². The first-order valence-corrected chi connectivity index (χ1v) is 10.1. The van der Waals surface area contributed by atoms with Gasteiger partial charge in [-0.3, -0.25) is 9.59 Å². The van der Waals surface area contributed by atoms with E-state index in [0.29, 0.717) is 50.8 Å². The van der Waals surface area contributed by atoms with Gasteiger partial charge in [0.15, 0.2) is 18.0 Å². The number of carbonyl (C=O) groups excluding carboxylic acids is 2. The number of rotatable bonds is 5. The lowest BCUT2D eigenvalue weighted by Gasteiger charge is -2.35. The van der Waals surface area contributed by atoms with Crippen molar-refractivity contribution in [2.75, 3.05) is 39.3 Å². The Morgan fingerprint density at radius 2 is 1.77 bits per heavy atom. The maximum absolute atomic E-state index is 12.9. The number of carbonyl (C=O) groups is 2. The molecule has 0 aliphatic carbocycles. The Morgan fingerprint density at radius 1 is 1.07 bits per heavy atom. The van der Waals surface area contributed by atoms with Gasteiger partial charge in [0.1, 0.15) is 12.4 Å². The summed E-state index contributed by atoms with van der Waals surface area (Å²) in [5.41, 5.74) is 0.853. The van der Waals surface area contributed by atoms with Crippen LogP contribution in [0.15, 0.2) is 48.5 Å². The second-order valence-electron chi connectivity index (χ2n) is 7.52. The molecule has 2 N–H and O–H groups in total. The molecule has 2 heterocycles. The molecule has 2 aliphatic heterocycles. The summed E-state index contributed by atoms with van der Waals surface area (Å²) in [5.74, 6) is 0.807. The van der Waals surface area contributed by atoms with Gasteiger partial charge in [-0.2, -0.15) is 0 Å². The molecule has 0 saturated carbocycles. The Kier molecular flexibility index (Phi) is 6.13. The SMILES string of the molecule is O=C(C[NH+]1CCN(C(=O)[C@@H]2COc3ccccc3O2)CC1)NCc1ccc(F)cc1. The van der Waals surface area contributed by atoms with Crippen molar-refractivity contribution < 1.29 is 28.4 Å². The van der Waals surface area contributed by atoms with Crippen LogP contribution in [-0.4, -0.2) is 62.1 Å². The molecule has 2 aromatic rings. The molecular weight excluding hydrogens is 389 g/mol. The van der Waals surface area contributed by atoms with Crippen molar-refractivity contribution in [1.29, 1.82) is 0 Å². The molecule has 2 aromatic carbocycles. The number of piperazine rings is 1. The zero-order valence-corrected chi connectivity index (χ0v) is 16.6. The van der Waals surface area contributed by atoms with Crippen LogP contribution < -0.4 is 19.7 Å². The standard InChI is InChI=1S/C22H24FN3O4/c23-17-7-5-16(6-8-17)13-24-21(27)14-25-9-11-26(12-10-25)22(28)20-15-29-18-3-1-2-4-19(18)30-20/h1-8,20H,9-15H2,(H,24,27)/p+1/t20-/m0/s1. The molecule has 1 saturated heterocycles. The maximum atomic E-state index is 12.9. The van der Waals surface area contributed by atoms with Gasteiger partial charge >= 0.3 is 0 Å². The number of benzene rings is 2. The highest BCUT2D eigenvalue weighted by Crippen LogP contribution is 2.31. The van der Waals surface area contributed by atoms with Crippen LogP contribution in [0.2, 0.25) is 0 Å². The molecule has 8 heteroatoms. The van der Waals surface area contributed by atoms with E-state index < -0.39 is 6.10 Å². The number of nitrogens with zero attached hydrogens (tertiary/aromatic N) is 1. The number of quaternary nitrogens is 1. The minimum atomic E-state index is -0.638. The Morgan fingerprint density at radius 3 is 2.50 bits per heavy atom. The van der Waals surface area contributed by atoms with Gasteiger partial charge in [-0.15, -0.1) is 0 Å². The summed E-state index contributed by atoms with van der Waals surface area (Å²) in [5, 5.41) is 2.86. The minimum Gasteiger partial charge on any atom is -0.485 e. The number of nitrogens with one attached hydrogen (secondary N) is 2. The predicted molar refractivity (Wildman–Crippen MR) is 107 cm³/mol. The fourth-order valence-corrected chi connectivity index (χ4v) is 3.66. The van der Waals surface area contributed by atoms with Crippen LogP contribution in [0, 0.1) is 5.82 Å². The molecule has 7 nitrogen and oxygen atoms in total. The van der Waals surface area contributed by atoms with Crippen LogP contribution >= 0.6 is 0 Å². The third kappa shape index (κ3) is 4.88. The van der Waals surface area contributed by atoms with Gasteiger partial charge in [0.2, 0.25) is 6.10 Å². The van der Waals surface area contributed by atoms with E-state index >= 15 is 0 Å². The van der Waals surface area contributed by atoms with E-state index in [1.54, 1.807) is 23.1 Å². The van der Waals surface area contributed by atoms with Crippen LogP contribution in [0.5, 0.6) is 11.5 Å². The molecule has 30 heavy (non-hydrogen) atoms. The van der Waals surface area contributed by atoms with E-state index in [0.717, 1.165) is 10.5 Å². The minimum absolute atomic E-state index is 0.0604. The lowest BCUT2D eigenvalue weighted by Crippen LogP contribution is -3.15. The van der Waals surface area contributed by atoms with Gasteiger partial charge in [0, 0.05) is 6.54 Å². The van der Waals surface area contributed by atoms with Crippen LogP contribution in [0.4, 0.5) is 4.39 Å². The van der Waals surface area contributed by atoms with E-state index in [1.807, 2.05) is 18.2 Å². The molecule has 2 amide bonds. The quantitative estimate of drug-likeness (QED) is 0.723. The number of amides is 2. The van der Waals surface area contributed by atoms with Crippen LogP contribution in [0.25, 0.3) is 0 Å². The molecule has 158 valence electrons. The van der Waals surface area contributed by atoms with Gasteiger partial charge in [-0.25, -0.2) is 4.39 Å². The predicted octanol–water partition coefficient (Wildman–Crippen LogP) is 0.00900. The molecule has 0 radical (unpaired) electrons. The first-order valence-electron chi connectivity index (χ1n) is 10.1. The number of ether oxygens (including phenoxy) is 2. The number of hydrogen-bond acceptors (Lipinski definition) is 4. The smallest absolute Gasteiger partial charge is 0.275 e. The molecule has 1 atom stereocenters. The summed E-state index contributed by atoms with van der Waals surface area (Å²) in [6, 6.07) is 13.4. The van der Waals surface area contributed by atoms with Gasteiger partial charge in [-0.1, -0.05) is 24.3 Å². The van der Waals surface area contributed by atoms with E-state index in [1.165, 1.54) is 12.1 Å². The Labute approximate surface area is 174 Å². The van der Waals surface area contributed by atoms with Crippen molar-refractivity contribution in [3.8, 4) is 11.5 Å². The number of halogens is 1. The monoisotopic (exact) mass is 414 g/mol. The average Bonchev–Trinajstić information content (AvgIpc) is 2.78. The maximum Gasteiger partial charge on any atom is 0.275 e. The number of para-hydroxylation sites is 2. The summed E-state index contributed by atoms with van der Waals surface area (Å²) in [6.07, 6.45) is -0.638. The Bertz CT molecular complexity index is 898. The highest BCUT2D eigenvalue weighted by molar-refractivity contribution is 5.82. The number of fused-ring (bicyclic) bond motifs is 1. The van der Waals surface area contributed by atoms with Gasteiger partial charge in [0.25, 0.3) is 11.8 Å². The summed E-state index contributed by atoms with van der Waals surface area (Å²) in [6.45, 7) is 3.45. The Balaban J connectivity index is 1.20. The summed E-state index contributed by atoms with van der Waals surface area (Å²) >= 11 is 0. The molecule has 4 rings (SSSR count). The highest BCUT2D eigenvalue weighted by atomic mass is 19.1. The van der Waals surface area contributed by atoms with Gasteiger partial charge in [-0.05, 0) is 29.8 Å². The third-order valence-electron chi connectivity index (χ3n) is 5.38. The first kappa shape index (κ1) is 20.2. The van der Waals surface area contributed by atoms with Gasteiger partial charge in [0.05, 0.1) is 26.2 Å². The topological polar surface area (TPSA) is 72.3 Å². The largest absolute Gasteiger partial charge is 0.485 e. The van der Waals surface area contributed by atoms with E-state index in [4.69, 9.17) is 9.47 Å². The molecule has 1 fully saturated rings. The summed E-state index contributed by atoms with van der Waals surface area (Å²) < 4.78 is 24.4. The van der Waals surface area contributed by atoms with E-state index in [-0.39, 0.29) is 24.2 Å². The molecule has 0 aromatic heterocycles. The average molecular weight is 414 g/mol. The van der Waals surface area contributed by atoms with Crippen molar-refractivity contribution >= 4 is 11.8 Å². The lowest BCUT2D eigenvalue weighted by atomic mass is 10.2. The van der Waals surface area contributed by atoms with Crippen molar-refractivity contribution in [1.82, 2.24) is 10.2 Å². The van der Waals surface area contributed by atoms with Crippen molar-refractivity contribution in [2.45, 2.75) is 12.6 Å². The molecule has 0 spiro atoms. The number of hydrogen-bond donors (Lipinski definition) is 2. The second kappa shape index (κ2) is 9.13. The van der Waals surface area contributed by atoms with Crippen molar-refractivity contribution in [2.24, 2.45) is 0 Å². The summed E-state index contributed by atoms with van der Waals surface area (Å²) in [7, 11) is 0. The second-order valence-corrected chi connectivity index (χ2v) is 7.52. The van der Waals surface area contributed by atoms with Crippen molar-refractivity contribution in [3.05, 3.63) is 59.9 Å². The first-order chi connectivity index (χ1) is 14.6.